The van der Waals surface area contributed by atoms with Gasteiger partial charge >= 0.3 is 0 Å². The van der Waals surface area contributed by atoms with E-state index in [9.17, 15) is 0 Å². The molecule has 0 bridgehead atoms. The second kappa shape index (κ2) is 6.12. The number of methoxy groups -OCH3 is 1. The third-order valence-corrected chi connectivity index (χ3v) is 2.43. The predicted molar refractivity (Wildman–Crippen MR) is 72.2 cm³/mol. The molecule has 96 valence electrons. The normalized spacial score (nSPS) is 11.4. The lowest BCUT2D eigenvalue weighted by Crippen LogP contribution is -2.23. The van der Waals surface area contributed by atoms with Gasteiger partial charge in [-0.15, -0.1) is 0 Å². The highest BCUT2D eigenvalue weighted by molar-refractivity contribution is 6.32. The molecule has 1 N–H and O–H groups in total. The van der Waals surface area contributed by atoms with Crippen LogP contribution in [0.4, 0.5) is 5.69 Å². The topological polar surface area (TPSA) is 30.5 Å². The van der Waals surface area contributed by atoms with Crippen LogP contribution in [0.3, 0.4) is 0 Å². The Labute approximate surface area is 108 Å². The van der Waals surface area contributed by atoms with E-state index < -0.39 is 0 Å². The van der Waals surface area contributed by atoms with Gasteiger partial charge in [0, 0.05) is 18.3 Å². The number of halogens is 1. The molecular formula is C13H20ClNO2. The van der Waals surface area contributed by atoms with Crippen molar-refractivity contribution in [1.82, 2.24) is 0 Å². The predicted octanol–water partition coefficient (Wildman–Crippen LogP) is 3.58. The highest BCUT2D eigenvalue weighted by Gasteiger charge is 2.09. The summed E-state index contributed by atoms with van der Waals surface area (Å²) in [4.78, 5) is 0. The second-order valence-electron chi connectivity index (χ2n) is 4.74. The molecule has 0 fully saturated rings. The lowest BCUT2D eigenvalue weighted by Gasteiger charge is -2.19. The fourth-order valence-electron chi connectivity index (χ4n) is 1.32. The molecule has 0 heterocycles. The van der Waals surface area contributed by atoms with E-state index in [0.717, 1.165) is 12.2 Å². The van der Waals surface area contributed by atoms with E-state index in [1.54, 1.807) is 7.11 Å². The Hall–Kier alpha value is -0.930. The van der Waals surface area contributed by atoms with E-state index in [0.29, 0.717) is 17.4 Å². The molecule has 0 aliphatic heterocycles. The van der Waals surface area contributed by atoms with Gasteiger partial charge in [-0.25, -0.2) is 0 Å². The average molecular weight is 258 g/mol. The molecule has 0 aromatic heterocycles. The molecule has 0 saturated heterocycles. The Morgan fingerprint density at radius 3 is 2.59 bits per heavy atom. The van der Waals surface area contributed by atoms with Crippen molar-refractivity contribution in [3.63, 3.8) is 0 Å². The molecule has 0 atom stereocenters. The maximum absolute atomic E-state index is 5.94. The Morgan fingerprint density at radius 1 is 1.29 bits per heavy atom. The van der Waals surface area contributed by atoms with Gasteiger partial charge in [0.05, 0.1) is 24.3 Å². The van der Waals surface area contributed by atoms with Crippen LogP contribution in [-0.4, -0.2) is 25.9 Å². The van der Waals surface area contributed by atoms with Crippen molar-refractivity contribution in [1.29, 1.82) is 0 Å². The number of hydrogen-bond acceptors (Lipinski definition) is 3. The Morgan fingerprint density at radius 2 is 2.00 bits per heavy atom. The molecule has 0 spiro atoms. The summed E-state index contributed by atoms with van der Waals surface area (Å²) in [7, 11) is 1.60. The molecule has 3 nitrogen and oxygen atoms in total. The van der Waals surface area contributed by atoms with Crippen LogP contribution in [0, 0.1) is 0 Å². The maximum Gasteiger partial charge on any atom is 0.139 e. The summed E-state index contributed by atoms with van der Waals surface area (Å²) in [6, 6.07) is 5.61. The van der Waals surface area contributed by atoms with Gasteiger partial charge in [0.25, 0.3) is 0 Å². The van der Waals surface area contributed by atoms with Crippen LogP contribution in [-0.2, 0) is 4.74 Å². The lowest BCUT2D eigenvalue weighted by atomic mass is 10.2. The average Bonchev–Trinajstić information content (AvgIpc) is 2.25. The van der Waals surface area contributed by atoms with Gasteiger partial charge in [0.1, 0.15) is 5.75 Å². The fourth-order valence-corrected chi connectivity index (χ4v) is 1.52. The summed E-state index contributed by atoms with van der Waals surface area (Å²) < 4.78 is 10.8. The zero-order valence-corrected chi connectivity index (χ0v) is 11.6. The maximum atomic E-state index is 5.94. The monoisotopic (exact) mass is 257 g/mol. The van der Waals surface area contributed by atoms with Gasteiger partial charge in [0.15, 0.2) is 0 Å². The zero-order chi connectivity index (χ0) is 12.9. The minimum atomic E-state index is -0.0979. The van der Waals surface area contributed by atoms with Crippen LogP contribution < -0.4 is 10.1 Å². The van der Waals surface area contributed by atoms with E-state index in [4.69, 9.17) is 21.1 Å². The Balaban J connectivity index is 2.42. The molecule has 1 aromatic rings. The third kappa shape index (κ3) is 5.29. The van der Waals surface area contributed by atoms with Crippen molar-refractivity contribution in [2.45, 2.75) is 26.4 Å². The van der Waals surface area contributed by atoms with Crippen molar-refractivity contribution < 1.29 is 9.47 Å². The smallest absolute Gasteiger partial charge is 0.139 e. The van der Waals surface area contributed by atoms with Crippen molar-refractivity contribution in [2.75, 3.05) is 25.6 Å². The van der Waals surface area contributed by atoms with Crippen LogP contribution in [0.1, 0.15) is 20.8 Å². The molecule has 0 saturated carbocycles. The molecule has 1 aromatic carbocycles. The van der Waals surface area contributed by atoms with Gasteiger partial charge in [-0.3, -0.25) is 0 Å². The Kier molecular flexibility index (Phi) is 5.09. The summed E-state index contributed by atoms with van der Waals surface area (Å²) in [6.07, 6.45) is 0. The summed E-state index contributed by atoms with van der Waals surface area (Å²) in [6.45, 7) is 7.53. The molecule has 4 heteroatoms. The van der Waals surface area contributed by atoms with Gasteiger partial charge < -0.3 is 14.8 Å². The Bertz CT molecular complexity index is 361. The molecule has 0 aliphatic rings. The van der Waals surface area contributed by atoms with E-state index >= 15 is 0 Å². The lowest BCUT2D eigenvalue weighted by molar-refractivity contribution is 0.00333. The van der Waals surface area contributed by atoms with Crippen molar-refractivity contribution in [3.8, 4) is 5.75 Å². The first-order valence-corrected chi connectivity index (χ1v) is 6.01. The first kappa shape index (κ1) is 14.1. The first-order valence-electron chi connectivity index (χ1n) is 5.64. The standard InChI is InChI=1S/C13H20ClNO2/c1-13(2,3)17-8-7-15-10-5-6-11(14)12(9-10)16-4/h5-6,9,15H,7-8H2,1-4H3. The number of ether oxygens (including phenoxy) is 2. The second-order valence-corrected chi connectivity index (χ2v) is 5.14. The molecule has 17 heavy (non-hydrogen) atoms. The number of anilines is 1. The number of nitrogens with one attached hydrogen (secondary N) is 1. The van der Waals surface area contributed by atoms with Gasteiger partial charge in [-0.05, 0) is 32.9 Å². The molecule has 1 rings (SSSR count). The molecule has 0 unspecified atom stereocenters. The minimum absolute atomic E-state index is 0.0979. The minimum Gasteiger partial charge on any atom is -0.495 e. The highest BCUT2D eigenvalue weighted by Crippen LogP contribution is 2.27. The van der Waals surface area contributed by atoms with E-state index in [1.807, 2.05) is 39.0 Å². The van der Waals surface area contributed by atoms with Crippen LogP contribution in [0.2, 0.25) is 5.02 Å². The van der Waals surface area contributed by atoms with Crippen molar-refractivity contribution in [3.05, 3.63) is 23.2 Å². The summed E-state index contributed by atoms with van der Waals surface area (Å²) in [5.41, 5.74) is 0.878. The number of rotatable bonds is 5. The van der Waals surface area contributed by atoms with Crippen LogP contribution in [0.25, 0.3) is 0 Å². The summed E-state index contributed by atoms with van der Waals surface area (Å²) in [5, 5.41) is 3.87. The quantitative estimate of drug-likeness (QED) is 0.818. The van der Waals surface area contributed by atoms with E-state index in [1.165, 1.54) is 0 Å². The molecular weight excluding hydrogens is 238 g/mol. The fraction of sp³-hybridized carbons (Fsp3) is 0.538. The zero-order valence-electron chi connectivity index (χ0n) is 10.8. The molecule has 0 aliphatic carbocycles. The highest BCUT2D eigenvalue weighted by atomic mass is 35.5. The van der Waals surface area contributed by atoms with Gasteiger partial charge in [-0.2, -0.15) is 0 Å². The largest absolute Gasteiger partial charge is 0.495 e. The van der Waals surface area contributed by atoms with Crippen LogP contribution in [0.5, 0.6) is 5.75 Å². The summed E-state index contributed by atoms with van der Waals surface area (Å²) in [5.74, 6) is 0.674. The third-order valence-electron chi connectivity index (χ3n) is 2.12. The molecule has 0 amide bonds. The SMILES string of the molecule is COc1cc(NCCOC(C)(C)C)ccc1Cl. The van der Waals surface area contributed by atoms with E-state index in [-0.39, 0.29) is 5.60 Å². The van der Waals surface area contributed by atoms with Crippen molar-refractivity contribution >= 4 is 17.3 Å². The van der Waals surface area contributed by atoms with Crippen molar-refractivity contribution in [2.24, 2.45) is 0 Å². The van der Waals surface area contributed by atoms with Crippen LogP contribution in [0.15, 0.2) is 18.2 Å². The van der Waals surface area contributed by atoms with Gasteiger partial charge in [-0.1, -0.05) is 11.6 Å². The molecule has 0 radical (unpaired) electrons. The first-order chi connectivity index (χ1) is 7.92. The van der Waals surface area contributed by atoms with Crippen LogP contribution >= 0.6 is 11.6 Å². The van der Waals surface area contributed by atoms with E-state index in [2.05, 4.69) is 5.32 Å². The number of benzene rings is 1. The number of hydrogen-bond donors (Lipinski definition) is 1. The van der Waals surface area contributed by atoms with Gasteiger partial charge in [0.2, 0.25) is 0 Å². The summed E-state index contributed by atoms with van der Waals surface area (Å²) >= 11 is 5.94.